The summed E-state index contributed by atoms with van der Waals surface area (Å²) in [6, 6.07) is 12.8. The van der Waals surface area contributed by atoms with Crippen LogP contribution in [0.25, 0.3) is 43.9 Å². The molecule has 2 saturated heterocycles. The van der Waals surface area contributed by atoms with Crippen LogP contribution in [0, 0.1) is 0 Å². The summed E-state index contributed by atoms with van der Waals surface area (Å²) in [4.78, 5) is 55.7. The molecule has 8 rings (SSSR count). The van der Waals surface area contributed by atoms with Gasteiger partial charge in [-0.1, -0.05) is 41.5 Å². The molecule has 2 aromatic carbocycles. The number of piperazine rings is 2. The third kappa shape index (κ3) is 18.7. The number of aryl methyl sites for hydroxylation is 2. The molecule has 19 nitrogen and oxygen atoms in total. The Kier molecular flexibility index (Phi) is 24.2. The van der Waals surface area contributed by atoms with Crippen molar-refractivity contribution in [3.05, 3.63) is 48.0 Å². The number of aromatic nitrogens is 6. The van der Waals surface area contributed by atoms with Crippen molar-refractivity contribution in [2.24, 2.45) is 0 Å². The molecule has 2 aliphatic rings. The van der Waals surface area contributed by atoms with Gasteiger partial charge in [-0.05, 0) is 90.8 Å². The summed E-state index contributed by atoms with van der Waals surface area (Å²) in [5, 5.41) is 13.9. The van der Waals surface area contributed by atoms with Gasteiger partial charge in [-0.25, -0.2) is 19.9 Å². The highest BCUT2D eigenvalue weighted by molar-refractivity contribution is 6.08. The van der Waals surface area contributed by atoms with E-state index in [1.54, 1.807) is 0 Å². The topological polar surface area (TPSA) is 248 Å². The molecule has 2 fully saturated rings. The number of imidazole rings is 2. The summed E-state index contributed by atoms with van der Waals surface area (Å²) in [5.74, 6) is 2.52. The van der Waals surface area contributed by atoms with Crippen LogP contribution in [0.4, 0.5) is 23.0 Å². The number of nitrogens with one attached hydrogen (secondary N) is 3. The maximum Gasteiger partial charge on any atom is 0.308 e. The van der Waals surface area contributed by atoms with Crippen LogP contribution in [0.2, 0.25) is 0 Å². The van der Waals surface area contributed by atoms with Crippen molar-refractivity contribution in [2.45, 2.75) is 133 Å². The number of anilines is 4. The molecular formula is C56H90N12O7. The van der Waals surface area contributed by atoms with Crippen LogP contribution in [0.1, 0.15) is 120 Å². The van der Waals surface area contributed by atoms with Gasteiger partial charge in [-0.15, -0.1) is 0 Å². The van der Waals surface area contributed by atoms with Crippen molar-refractivity contribution in [3.8, 4) is 0 Å². The average molecular weight is 1040 g/mol. The number of unbranched alkanes of at least 4 members (excludes halogenated alkanes) is 2. The number of pyridine rings is 2. The van der Waals surface area contributed by atoms with E-state index in [2.05, 4.69) is 84.1 Å². The van der Waals surface area contributed by atoms with Crippen LogP contribution in [0.3, 0.4) is 0 Å². The lowest BCUT2D eigenvalue weighted by atomic mass is 10.1. The minimum atomic E-state index is -0.451. The lowest BCUT2D eigenvalue weighted by Gasteiger charge is -2.36. The van der Waals surface area contributed by atoms with Gasteiger partial charge in [0.2, 0.25) is 0 Å². The molecule has 0 saturated carbocycles. The molecule has 0 atom stereocenters. The van der Waals surface area contributed by atoms with Crippen molar-refractivity contribution in [1.82, 2.24) is 40.1 Å². The molecule has 75 heavy (non-hydrogen) atoms. The lowest BCUT2D eigenvalue weighted by Crippen LogP contribution is -2.47. The molecule has 19 heteroatoms. The molecule has 4 aromatic heterocycles. The number of fused-ring (bicyclic) bond motifs is 6. The Morgan fingerprint density at radius 1 is 0.627 bits per heavy atom. The summed E-state index contributed by atoms with van der Waals surface area (Å²) in [6.07, 6.45) is 6.88. The fourth-order valence-corrected chi connectivity index (χ4v) is 8.63. The van der Waals surface area contributed by atoms with Gasteiger partial charge in [0, 0.05) is 93.9 Å². The van der Waals surface area contributed by atoms with E-state index in [1.165, 1.54) is 11.4 Å². The highest BCUT2D eigenvalue weighted by atomic mass is 16.6. The number of nitrogens with zero attached hydrogens (tertiary/aromatic N) is 7. The number of esters is 2. The van der Waals surface area contributed by atoms with Gasteiger partial charge in [0.15, 0.2) is 0 Å². The largest absolute Gasteiger partial charge is 0.460 e. The molecule has 0 radical (unpaired) electrons. The number of aliphatic hydroxyl groups is 1. The first-order valence-corrected chi connectivity index (χ1v) is 26.2. The minimum absolute atomic E-state index is 0. The summed E-state index contributed by atoms with van der Waals surface area (Å²) in [6.45, 7) is 25.8. The van der Waals surface area contributed by atoms with E-state index < -0.39 is 11.2 Å². The first-order valence-electron chi connectivity index (χ1n) is 26.2. The highest BCUT2D eigenvalue weighted by Crippen LogP contribution is 2.32. The maximum absolute atomic E-state index is 11.8. The zero-order valence-electron chi connectivity index (χ0n) is 44.7. The number of ether oxygens (including phenoxy) is 4. The number of nitrogens with two attached hydrogens (primary N) is 2. The summed E-state index contributed by atoms with van der Waals surface area (Å²) >= 11 is 0. The standard InChI is InChI=1S/C27H40N6O3.C18H24N6.C9H18O4.2CH4/c1-5-6-7-22-30-24-20-18-19(8-9-21(20)29-26(28)25(24)31-22)33-13-11-32(12-14-33)15-17-35-16-10-23(34)36-27(2,3)4;1-2-3-4-15-22-16-13-11-12(24-9-7-20-8-10-24)5-6-14(13)21-18(19)17(16)23-15;1-9(2,3)13-8(11)4-6-12-7-5-10;;/h8-9,18H,5-7,10-17H2,1-4H3,(H2,28,29)(H,30,31);5-6,11,20H,2-4,7-10H2,1H3,(H2,19,21)(H,22,23);10H,4-7H2,1-3H3;2*1H4. The number of aliphatic hydroxyl groups excluding tert-OH is 1. The van der Waals surface area contributed by atoms with E-state index in [0.29, 0.717) is 31.5 Å². The Morgan fingerprint density at radius 3 is 1.49 bits per heavy atom. The molecule has 8 N–H and O–H groups in total. The first-order chi connectivity index (χ1) is 34.9. The average Bonchev–Trinajstić information content (AvgIpc) is 4.00. The van der Waals surface area contributed by atoms with Crippen molar-refractivity contribution in [3.63, 3.8) is 0 Å². The molecular weight excluding hydrogens is 953 g/mol. The fraction of sp³-hybridized carbons (Fsp3) is 0.607. The molecule has 0 spiro atoms. The normalized spacial score (nSPS) is 14.2. The number of benzene rings is 2. The van der Waals surface area contributed by atoms with Gasteiger partial charge in [-0.2, -0.15) is 0 Å². The molecule has 0 bridgehead atoms. The Labute approximate surface area is 445 Å². The van der Waals surface area contributed by atoms with Crippen molar-refractivity contribution in [1.29, 1.82) is 0 Å². The third-order valence-electron chi connectivity index (χ3n) is 12.3. The quantitative estimate of drug-likeness (QED) is 0.0329. The summed E-state index contributed by atoms with van der Waals surface area (Å²) in [5.41, 5.74) is 19.2. The van der Waals surface area contributed by atoms with E-state index >= 15 is 0 Å². The van der Waals surface area contributed by atoms with Crippen LogP contribution >= 0.6 is 0 Å². The number of nitrogen functional groups attached to an aromatic ring is 2. The monoisotopic (exact) mass is 1040 g/mol. The van der Waals surface area contributed by atoms with Crippen molar-refractivity contribution in [2.75, 3.05) is 113 Å². The predicted molar refractivity (Wildman–Crippen MR) is 306 cm³/mol. The van der Waals surface area contributed by atoms with E-state index in [-0.39, 0.29) is 52.8 Å². The van der Waals surface area contributed by atoms with Gasteiger partial charge in [0.05, 0.1) is 56.9 Å². The second kappa shape index (κ2) is 29.4. The smallest absolute Gasteiger partial charge is 0.308 e. The van der Waals surface area contributed by atoms with E-state index in [4.69, 9.17) is 45.5 Å². The number of carbonyl (C=O) groups excluding carboxylic acids is 2. The summed E-state index contributed by atoms with van der Waals surface area (Å²) in [7, 11) is 0. The number of aromatic amines is 2. The Hall–Kier alpha value is -5.86. The van der Waals surface area contributed by atoms with Crippen molar-refractivity contribution < 1.29 is 33.6 Å². The van der Waals surface area contributed by atoms with Gasteiger partial charge >= 0.3 is 11.9 Å². The number of H-pyrrole nitrogens is 2. The second-order valence-corrected chi connectivity index (χ2v) is 20.6. The molecule has 6 heterocycles. The molecule has 416 valence electrons. The summed E-state index contributed by atoms with van der Waals surface area (Å²) < 4.78 is 20.9. The Bertz CT molecular complexity index is 2700. The van der Waals surface area contributed by atoms with Crippen LogP contribution in [-0.2, 0) is 41.4 Å². The molecule has 2 aliphatic heterocycles. The molecule has 6 aromatic rings. The number of hydrogen-bond acceptors (Lipinski definition) is 17. The van der Waals surface area contributed by atoms with E-state index in [0.717, 1.165) is 153 Å². The van der Waals surface area contributed by atoms with Crippen molar-refractivity contribution >= 4 is 78.8 Å². The van der Waals surface area contributed by atoms with Crippen LogP contribution < -0.4 is 26.6 Å². The number of carbonyl (C=O) groups is 2. The molecule has 0 amide bonds. The first kappa shape index (κ1) is 61.7. The van der Waals surface area contributed by atoms with Gasteiger partial charge in [-0.3, -0.25) is 14.5 Å². The van der Waals surface area contributed by atoms with Gasteiger partial charge in [0.1, 0.15) is 56.6 Å². The van der Waals surface area contributed by atoms with Gasteiger partial charge in [0.25, 0.3) is 0 Å². The zero-order chi connectivity index (χ0) is 52.5. The second-order valence-electron chi connectivity index (χ2n) is 20.6. The SMILES string of the molecule is C.C.CC(C)(C)OC(=O)CCOCCO.CCCCc1nc2c([nH]1)c(N)nc1ccc(N3CCN(CCOCCC(=O)OC(C)(C)C)CC3)cc12.CCCCc1nc2c([nH]1)c(N)nc1ccc(N3CCNCC3)cc12. The minimum Gasteiger partial charge on any atom is -0.460 e. The lowest BCUT2D eigenvalue weighted by molar-refractivity contribution is -0.157. The highest BCUT2D eigenvalue weighted by Gasteiger charge is 2.21. The number of rotatable bonds is 19. The predicted octanol–water partition coefficient (Wildman–Crippen LogP) is 8.35. The van der Waals surface area contributed by atoms with Crippen LogP contribution in [0.5, 0.6) is 0 Å². The molecule has 0 aliphatic carbocycles. The van der Waals surface area contributed by atoms with Crippen LogP contribution in [-0.4, -0.2) is 155 Å². The Balaban J connectivity index is 0.000000269. The third-order valence-corrected chi connectivity index (χ3v) is 12.3. The van der Waals surface area contributed by atoms with E-state index in [1.807, 2.05) is 47.6 Å². The number of hydrogen-bond donors (Lipinski definition) is 6. The Morgan fingerprint density at radius 2 is 1.07 bits per heavy atom. The molecule has 0 unspecified atom stereocenters. The fourth-order valence-electron chi connectivity index (χ4n) is 8.63. The zero-order valence-corrected chi connectivity index (χ0v) is 44.7. The van der Waals surface area contributed by atoms with Gasteiger partial charge < -0.3 is 60.6 Å². The van der Waals surface area contributed by atoms with E-state index in [9.17, 15) is 9.59 Å². The maximum atomic E-state index is 11.8. The van der Waals surface area contributed by atoms with Crippen LogP contribution in [0.15, 0.2) is 36.4 Å².